The molecule has 0 atom stereocenters. The molecular weight excluding hydrogens is 102 g/mol. The number of rotatable bonds is 3. The Labute approximate surface area is 39.0 Å². The van der Waals surface area contributed by atoms with Crippen LogP contribution in [0.15, 0.2) is 0 Å². The van der Waals surface area contributed by atoms with Crippen molar-refractivity contribution in [1.29, 1.82) is 0 Å². The average molecular weight is 105 g/mol. The number of carbonyl (C=O) groups excluding carboxylic acids is 1. The Bertz CT molecular complexity index is 79.8. The predicted molar refractivity (Wildman–Crippen MR) is 19.0 cm³/mol. The van der Waals surface area contributed by atoms with Crippen molar-refractivity contribution in [3.63, 3.8) is 0 Å². The van der Waals surface area contributed by atoms with Gasteiger partial charge in [0.15, 0.2) is 0 Å². The molecule has 0 N–H and O–H groups in total. The van der Waals surface area contributed by atoms with Gasteiger partial charge in [0.05, 0.1) is 4.92 Å². The first-order valence-electron chi connectivity index (χ1n) is 1.44. The molecule has 0 rings (SSSR count). The number of nitrogens with zero attached hydrogens (tertiary/aromatic N) is 1. The van der Waals surface area contributed by atoms with Crippen LogP contribution < -0.4 is 0 Å². The molecule has 40 valence electrons. The van der Waals surface area contributed by atoms with Gasteiger partial charge in [-0.05, 0) is 0 Å². The van der Waals surface area contributed by atoms with Crippen molar-refractivity contribution in [3.05, 3.63) is 10.1 Å². The second kappa shape index (κ2) is 3.08. The van der Waals surface area contributed by atoms with Crippen molar-refractivity contribution in [2.24, 2.45) is 0 Å². The highest BCUT2D eigenvalue weighted by atomic mass is 16.7. The summed E-state index contributed by atoms with van der Waals surface area (Å²) >= 11 is 0. The van der Waals surface area contributed by atoms with Crippen LogP contribution in [0, 0.1) is 10.1 Å². The minimum Gasteiger partial charge on any atom is -0.403 e. The van der Waals surface area contributed by atoms with Gasteiger partial charge in [-0.25, -0.2) is 0 Å². The fourth-order valence-electron chi connectivity index (χ4n) is 0.0913. The number of ether oxygens (including phenoxy) is 1. The molecule has 0 aromatic heterocycles. The minimum absolute atomic E-state index is 0.0306. The number of hydrogen-bond donors (Lipinski definition) is 0. The Morgan fingerprint density at radius 3 is 2.57 bits per heavy atom. The minimum atomic E-state index is -0.747. The largest absolute Gasteiger partial charge is 0.403 e. The fourth-order valence-corrected chi connectivity index (χ4v) is 0.0913. The Balaban J connectivity index is 2.97. The Morgan fingerprint density at radius 1 is 1.86 bits per heavy atom. The first-order chi connectivity index (χ1) is 3.27. The zero-order chi connectivity index (χ0) is 5.70. The van der Waals surface area contributed by atoms with E-state index in [-0.39, 0.29) is 6.47 Å². The standard InChI is InChI=1S/C2H3NO4/c4-2-7-1-3(5)6/h2H,1H2. The van der Waals surface area contributed by atoms with E-state index in [9.17, 15) is 14.9 Å². The van der Waals surface area contributed by atoms with Crippen molar-refractivity contribution in [2.75, 3.05) is 6.73 Å². The summed E-state index contributed by atoms with van der Waals surface area (Å²) in [6.45, 7) is -0.716. The molecule has 0 spiro atoms. The van der Waals surface area contributed by atoms with Gasteiger partial charge in [-0.3, -0.25) is 14.9 Å². The molecule has 5 nitrogen and oxygen atoms in total. The Kier molecular flexibility index (Phi) is 2.58. The van der Waals surface area contributed by atoms with E-state index in [1.165, 1.54) is 0 Å². The fraction of sp³-hybridized carbons (Fsp3) is 0.500. The van der Waals surface area contributed by atoms with Gasteiger partial charge in [-0.15, -0.1) is 0 Å². The topological polar surface area (TPSA) is 69.4 Å². The summed E-state index contributed by atoms with van der Waals surface area (Å²) in [7, 11) is 0. The third-order valence-corrected chi connectivity index (χ3v) is 0.248. The quantitative estimate of drug-likeness (QED) is 0.208. The maximum atomic E-state index is 9.28. The molecule has 0 aliphatic rings. The van der Waals surface area contributed by atoms with Crippen molar-refractivity contribution >= 4 is 6.47 Å². The van der Waals surface area contributed by atoms with E-state index in [4.69, 9.17) is 0 Å². The second-order valence-corrected chi connectivity index (χ2v) is 0.725. The molecule has 0 aliphatic heterocycles. The van der Waals surface area contributed by atoms with Crippen LogP contribution >= 0.6 is 0 Å². The molecular formula is C2H3NO4. The van der Waals surface area contributed by atoms with Crippen LogP contribution in [0.2, 0.25) is 0 Å². The van der Waals surface area contributed by atoms with Crippen LogP contribution in [0.25, 0.3) is 0 Å². The summed E-state index contributed by atoms with van der Waals surface area (Å²) in [6.07, 6.45) is 0. The lowest BCUT2D eigenvalue weighted by Gasteiger charge is -1.84. The van der Waals surface area contributed by atoms with Crippen molar-refractivity contribution in [2.45, 2.75) is 0 Å². The monoisotopic (exact) mass is 105 g/mol. The Hall–Kier alpha value is -1.13. The van der Waals surface area contributed by atoms with Crippen molar-refractivity contribution in [1.82, 2.24) is 0 Å². The van der Waals surface area contributed by atoms with Crippen molar-refractivity contribution < 1.29 is 14.5 Å². The molecule has 0 aromatic rings. The second-order valence-electron chi connectivity index (χ2n) is 0.725. The number of hydrogen-bond acceptors (Lipinski definition) is 4. The summed E-state index contributed by atoms with van der Waals surface area (Å²) in [6, 6.07) is 0. The summed E-state index contributed by atoms with van der Waals surface area (Å²) in [5, 5.41) is 9.28. The molecule has 0 heterocycles. The van der Waals surface area contributed by atoms with Gasteiger partial charge in [0, 0.05) is 0 Å². The molecule has 7 heavy (non-hydrogen) atoms. The zero-order valence-electron chi connectivity index (χ0n) is 3.36. The summed E-state index contributed by atoms with van der Waals surface area (Å²) in [5.41, 5.74) is 0. The molecule has 0 radical (unpaired) electrons. The van der Waals surface area contributed by atoms with Crippen LogP contribution in [0.5, 0.6) is 0 Å². The predicted octanol–water partition coefficient (Wildman–Crippen LogP) is -0.606. The number of nitro groups is 1. The summed E-state index contributed by atoms with van der Waals surface area (Å²) in [4.78, 5) is 17.7. The van der Waals surface area contributed by atoms with Gasteiger partial charge in [0.2, 0.25) is 0 Å². The molecule has 0 unspecified atom stereocenters. The summed E-state index contributed by atoms with van der Waals surface area (Å²) < 4.78 is 3.72. The van der Waals surface area contributed by atoms with E-state index in [0.717, 1.165) is 0 Å². The molecule has 0 fully saturated rings. The van der Waals surface area contributed by atoms with E-state index in [0.29, 0.717) is 0 Å². The van der Waals surface area contributed by atoms with E-state index >= 15 is 0 Å². The highest BCUT2D eigenvalue weighted by Gasteiger charge is 1.89. The molecule has 0 saturated heterocycles. The van der Waals surface area contributed by atoms with Crippen LogP contribution in [0.3, 0.4) is 0 Å². The highest BCUT2D eigenvalue weighted by Crippen LogP contribution is 1.65. The maximum Gasteiger partial charge on any atom is 0.346 e. The number of carbonyl (C=O) groups is 1. The smallest absolute Gasteiger partial charge is 0.346 e. The SMILES string of the molecule is O=COC[N+](=O)[O-]. The van der Waals surface area contributed by atoms with E-state index in [2.05, 4.69) is 4.74 Å². The first kappa shape index (κ1) is 5.87. The van der Waals surface area contributed by atoms with Gasteiger partial charge in [-0.2, -0.15) is 0 Å². The molecule has 0 aromatic carbocycles. The van der Waals surface area contributed by atoms with Gasteiger partial charge < -0.3 is 4.74 Å². The zero-order valence-corrected chi connectivity index (χ0v) is 3.36. The van der Waals surface area contributed by atoms with Gasteiger partial charge in [0.25, 0.3) is 6.47 Å². The molecule has 0 bridgehead atoms. The third kappa shape index (κ3) is 4.87. The molecule has 0 aliphatic carbocycles. The van der Waals surface area contributed by atoms with E-state index in [1.54, 1.807) is 0 Å². The van der Waals surface area contributed by atoms with Crippen LogP contribution in [-0.2, 0) is 9.53 Å². The normalized spacial score (nSPS) is 7.43. The van der Waals surface area contributed by atoms with Gasteiger partial charge >= 0.3 is 6.73 Å². The maximum absolute atomic E-state index is 9.28. The molecule has 5 heteroatoms. The highest BCUT2D eigenvalue weighted by molar-refractivity contribution is 5.36. The lowest BCUT2D eigenvalue weighted by Crippen LogP contribution is -2.03. The van der Waals surface area contributed by atoms with E-state index < -0.39 is 11.7 Å². The van der Waals surface area contributed by atoms with Gasteiger partial charge in [0.1, 0.15) is 0 Å². The molecule has 0 saturated carbocycles. The first-order valence-corrected chi connectivity index (χ1v) is 1.44. The lowest BCUT2D eigenvalue weighted by atomic mass is 11.3. The molecule has 0 amide bonds. The Morgan fingerprint density at radius 2 is 2.43 bits per heavy atom. The average Bonchev–Trinajstić information content (AvgIpc) is 1.61. The summed E-state index contributed by atoms with van der Waals surface area (Å²) in [5.74, 6) is 0. The van der Waals surface area contributed by atoms with Gasteiger partial charge in [-0.1, -0.05) is 0 Å². The van der Waals surface area contributed by atoms with E-state index in [1.807, 2.05) is 0 Å². The lowest BCUT2D eigenvalue weighted by molar-refractivity contribution is -0.517. The van der Waals surface area contributed by atoms with Crippen LogP contribution in [0.4, 0.5) is 0 Å². The van der Waals surface area contributed by atoms with Crippen LogP contribution in [-0.4, -0.2) is 18.1 Å². The van der Waals surface area contributed by atoms with Crippen molar-refractivity contribution in [3.8, 4) is 0 Å². The third-order valence-electron chi connectivity index (χ3n) is 0.248. The van der Waals surface area contributed by atoms with Crippen LogP contribution in [0.1, 0.15) is 0 Å².